The van der Waals surface area contributed by atoms with E-state index in [1.165, 1.54) is 6.07 Å². The van der Waals surface area contributed by atoms with Gasteiger partial charge in [-0.25, -0.2) is 8.42 Å². The molecular formula is C25H35N3O3S. The van der Waals surface area contributed by atoms with Crippen LogP contribution in [0.2, 0.25) is 0 Å². The number of benzene rings is 2. The molecule has 3 unspecified atom stereocenters. The maximum Gasteiger partial charge on any atom is 0.251 e. The number of sulfonamides is 1. The lowest BCUT2D eigenvalue weighted by Crippen LogP contribution is -2.43. The molecule has 1 N–H and O–H groups in total. The molecule has 0 aliphatic carbocycles. The first-order chi connectivity index (χ1) is 15.1. The molecule has 0 saturated carbocycles. The topological polar surface area (TPSA) is 69.7 Å². The number of carbonyl (C=O) groups excluding carboxylic acids is 1. The quantitative estimate of drug-likeness (QED) is 0.661. The Morgan fingerprint density at radius 1 is 1.06 bits per heavy atom. The van der Waals surface area contributed by atoms with Crippen LogP contribution in [0.3, 0.4) is 0 Å². The Labute approximate surface area is 192 Å². The van der Waals surface area contributed by atoms with Crippen molar-refractivity contribution in [3.63, 3.8) is 0 Å². The van der Waals surface area contributed by atoms with Crippen LogP contribution in [0.25, 0.3) is 0 Å². The van der Waals surface area contributed by atoms with E-state index < -0.39 is 10.0 Å². The van der Waals surface area contributed by atoms with Crippen LogP contribution in [0.4, 0.5) is 0 Å². The van der Waals surface area contributed by atoms with Crippen LogP contribution in [0.1, 0.15) is 36.2 Å². The lowest BCUT2D eigenvalue weighted by molar-refractivity contribution is 0.0930. The second kappa shape index (κ2) is 10.6. The Morgan fingerprint density at radius 2 is 1.72 bits per heavy atom. The number of piperidine rings is 1. The molecule has 3 rings (SSSR count). The number of hydrogen-bond acceptors (Lipinski definition) is 4. The van der Waals surface area contributed by atoms with E-state index in [2.05, 4.69) is 19.2 Å². The fourth-order valence-corrected chi connectivity index (χ4v) is 6.24. The van der Waals surface area contributed by atoms with Crippen molar-refractivity contribution in [1.82, 2.24) is 14.5 Å². The van der Waals surface area contributed by atoms with Crippen molar-refractivity contribution in [2.75, 3.05) is 33.7 Å². The Morgan fingerprint density at radius 3 is 2.34 bits per heavy atom. The van der Waals surface area contributed by atoms with Gasteiger partial charge in [0.1, 0.15) is 0 Å². The standard InChI is InChI=1S/C25H35N3O3S/c1-19-13-20(2)17-28(16-19)32(30,31)24-12-8-11-22(15-24)25(29)26-23(18-27(3)4)14-21-9-6-5-7-10-21/h5-12,15,19-20,23H,13-14,16-18H2,1-4H3,(H,26,29). The predicted octanol–water partition coefficient (Wildman–Crippen LogP) is 3.26. The molecule has 2 aromatic carbocycles. The van der Waals surface area contributed by atoms with Crippen LogP contribution in [0.5, 0.6) is 0 Å². The molecule has 1 saturated heterocycles. The Kier molecular flexibility index (Phi) is 8.09. The van der Waals surface area contributed by atoms with Gasteiger partial charge in [-0.3, -0.25) is 4.79 Å². The normalized spacial score (nSPS) is 20.8. The summed E-state index contributed by atoms with van der Waals surface area (Å²) >= 11 is 0. The first-order valence-corrected chi connectivity index (χ1v) is 12.7. The minimum absolute atomic E-state index is 0.0936. The number of nitrogens with one attached hydrogen (secondary N) is 1. The van der Waals surface area contributed by atoms with E-state index in [-0.39, 0.29) is 16.8 Å². The molecule has 1 aliphatic rings. The van der Waals surface area contributed by atoms with Crippen molar-refractivity contribution in [3.05, 3.63) is 65.7 Å². The van der Waals surface area contributed by atoms with Gasteiger partial charge in [0.15, 0.2) is 0 Å². The second-order valence-corrected chi connectivity index (χ2v) is 11.4. The molecular weight excluding hydrogens is 422 g/mol. The van der Waals surface area contributed by atoms with Gasteiger partial charge in [0.25, 0.3) is 5.91 Å². The SMILES string of the molecule is CC1CC(C)CN(S(=O)(=O)c2cccc(C(=O)NC(Cc3ccccc3)CN(C)C)c2)C1. The van der Waals surface area contributed by atoms with Crippen molar-refractivity contribution in [3.8, 4) is 0 Å². The molecule has 0 radical (unpaired) electrons. The fourth-order valence-electron chi connectivity index (χ4n) is 4.52. The summed E-state index contributed by atoms with van der Waals surface area (Å²) in [4.78, 5) is 15.3. The number of hydrogen-bond donors (Lipinski definition) is 1. The summed E-state index contributed by atoms with van der Waals surface area (Å²) in [5.74, 6) is 0.389. The molecule has 3 atom stereocenters. The average Bonchev–Trinajstić information content (AvgIpc) is 2.73. The van der Waals surface area contributed by atoms with Crippen molar-refractivity contribution in [2.45, 2.75) is 37.6 Å². The lowest BCUT2D eigenvalue weighted by Gasteiger charge is -2.34. The van der Waals surface area contributed by atoms with Crippen molar-refractivity contribution in [1.29, 1.82) is 0 Å². The van der Waals surface area contributed by atoms with E-state index in [0.717, 1.165) is 12.0 Å². The fraction of sp³-hybridized carbons (Fsp3) is 0.480. The van der Waals surface area contributed by atoms with Crippen LogP contribution in [-0.2, 0) is 16.4 Å². The van der Waals surface area contributed by atoms with Gasteiger partial charge < -0.3 is 10.2 Å². The number of likely N-dealkylation sites (N-methyl/N-ethyl adjacent to an activating group) is 1. The second-order valence-electron chi connectivity index (χ2n) is 9.42. The smallest absolute Gasteiger partial charge is 0.251 e. The van der Waals surface area contributed by atoms with Crippen LogP contribution in [0, 0.1) is 11.8 Å². The largest absolute Gasteiger partial charge is 0.348 e. The van der Waals surface area contributed by atoms with Crippen molar-refractivity contribution in [2.24, 2.45) is 11.8 Å². The average molecular weight is 458 g/mol. The van der Waals surface area contributed by atoms with Gasteiger partial charge in [-0.15, -0.1) is 0 Å². The lowest BCUT2D eigenvalue weighted by atomic mass is 9.94. The molecule has 174 valence electrons. The van der Waals surface area contributed by atoms with Gasteiger partial charge in [-0.2, -0.15) is 4.31 Å². The zero-order valence-electron chi connectivity index (χ0n) is 19.5. The molecule has 2 aromatic rings. The first-order valence-electron chi connectivity index (χ1n) is 11.2. The van der Waals surface area contributed by atoms with Gasteiger partial charge in [0.05, 0.1) is 4.90 Å². The zero-order chi connectivity index (χ0) is 23.3. The highest BCUT2D eigenvalue weighted by atomic mass is 32.2. The third-order valence-electron chi connectivity index (χ3n) is 5.82. The minimum atomic E-state index is -3.63. The van der Waals surface area contributed by atoms with E-state index in [1.54, 1.807) is 22.5 Å². The summed E-state index contributed by atoms with van der Waals surface area (Å²) in [7, 11) is 0.306. The third-order valence-corrected chi connectivity index (χ3v) is 7.64. The molecule has 0 aromatic heterocycles. The minimum Gasteiger partial charge on any atom is -0.348 e. The molecule has 1 heterocycles. The van der Waals surface area contributed by atoms with Gasteiger partial charge in [-0.05, 0) is 62.5 Å². The van der Waals surface area contributed by atoms with E-state index in [0.29, 0.717) is 43.5 Å². The summed E-state index contributed by atoms with van der Waals surface area (Å²) in [5.41, 5.74) is 1.50. The van der Waals surface area contributed by atoms with Crippen LogP contribution in [0.15, 0.2) is 59.5 Å². The Bertz CT molecular complexity index is 998. The Balaban J connectivity index is 1.77. The highest BCUT2D eigenvalue weighted by molar-refractivity contribution is 7.89. The molecule has 7 heteroatoms. The van der Waals surface area contributed by atoms with E-state index >= 15 is 0 Å². The summed E-state index contributed by atoms with van der Waals surface area (Å²) in [6, 6.07) is 16.3. The zero-order valence-corrected chi connectivity index (χ0v) is 20.3. The molecule has 1 amide bonds. The van der Waals surface area contributed by atoms with Crippen LogP contribution >= 0.6 is 0 Å². The van der Waals surface area contributed by atoms with Gasteiger partial charge in [0, 0.05) is 31.2 Å². The molecule has 0 spiro atoms. The van der Waals surface area contributed by atoms with Crippen LogP contribution in [-0.4, -0.2) is 63.3 Å². The Hall–Kier alpha value is -2.22. The van der Waals surface area contributed by atoms with Crippen LogP contribution < -0.4 is 5.32 Å². The van der Waals surface area contributed by atoms with Gasteiger partial charge >= 0.3 is 0 Å². The summed E-state index contributed by atoms with van der Waals surface area (Å²) < 4.78 is 28.1. The summed E-state index contributed by atoms with van der Waals surface area (Å²) in [6.45, 7) is 5.89. The molecule has 6 nitrogen and oxygen atoms in total. The van der Waals surface area contributed by atoms with E-state index in [9.17, 15) is 13.2 Å². The number of rotatable bonds is 8. The van der Waals surface area contributed by atoms with Gasteiger partial charge in [-0.1, -0.05) is 50.2 Å². The molecule has 32 heavy (non-hydrogen) atoms. The van der Waals surface area contributed by atoms with Crippen molar-refractivity contribution >= 4 is 15.9 Å². The van der Waals surface area contributed by atoms with E-state index in [1.807, 2.05) is 49.3 Å². The predicted molar refractivity (Wildman–Crippen MR) is 128 cm³/mol. The van der Waals surface area contributed by atoms with Gasteiger partial charge in [0.2, 0.25) is 10.0 Å². The summed E-state index contributed by atoms with van der Waals surface area (Å²) in [6.07, 6.45) is 1.73. The highest BCUT2D eigenvalue weighted by Gasteiger charge is 2.32. The molecule has 1 aliphatic heterocycles. The molecule has 1 fully saturated rings. The van der Waals surface area contributed by atoms with Crippen molar-refractivity contribution < 1.29 is 13.2 Å². The number of nitrogens with zero attached hydrogens (tertiary/aromatic N) is 2. The first kappa shape index (κ1) is 24.4. The maximum absolute atomic E-state index is 13.2. The third kappa shape index (κ3) is 6.40. The highest BCUT2D eigenvalue weighted by Crippen LogP contribution is 2.27. The maximum atomic E-state index is 13.2. The number of amides is 1. The van der Waals surface area contributed by atoms with E-state index in [4.69, 9.17) is 0 Å². The number of carbonyl (C=O) groups is 1. The molecule has 0 bridgehead atoms. The monoisotopic (exact) mass is 457 g/mol. The summed E-state index contributed by atoms with van der Waals surface area (Å²) in [5, 5.41) is 3.10.